The number of hydrogen-bond donors (Lipinski definition) is 0. The molecular weight excluding hydrogens is 400 g/mol. The molecule has 2 heteroatoms. The number of nitrogens with zero attached hydrogens (tertiary/aromatic N) is 2. The normalized spacial score (nSPS) is 13.5. The summed E-state index contributed by atoms with van der Waals surface area (Å²) in [5.74, 6) is 2.03. The van der Waals surface area contributed by atoms with Crippen LogP contribution < -0.4 is 0 Å². The van der Waals surface area contributed by atoms with Crippen molar-refractivity contribution < 1.29 is 0 Å². The van der Waals surface area contributed by atoms with Gasteiger partial charge in [0.15, 0.2) is 0 Å². The van der Waals surface area contributed by atoms with Crippen molar-refractivity contribution >= 4 is 0 Å². The van der Waals surface area contributed by atoms with Crippen LogP contribution in [-0.2, 0) is 0 Å². The van der Waals surface area contributed by atoms with Gasteiger partial charge in [-0.05, 0) is 26.2 Å². The Morgan fingerprint density at radius 3 is 1.55 bits per heavy atom. The smallest absolute Gasteiger partial charge is 0.111 e. The molecule has 0 fully saturated rings. The minimum Gasteiger partial charge on any atom is -0.332 e. The Bertz CT molecular complexity index is 521. The molecule has 0 aliphatic rings. The first-order valence-electron chi connectivity index (χ1n) is 15.3. The van der Waals surface area contributed by atoms with E-state index in [1.807, 2.05) is 0 Å². The van der Waals surface area contributed by atoms with Gasteiger partial charge in [-0.1, -0.05) is 143 Å². The maximum Gasteiger partial charge on any atom is 0.111 e. The minimum atomic E-state index is 0.593. The van der Waals surface area contributed by atoms with E-state index in [-0.39, 0.29) is 0 Å². The molecule has 1 aromatic heterocycles. The third-order valence-corrected chi connectivity index (χ3v) is 7.58. The van der Waals surface area contributed by atoms with Crippen LogP contribution in [0.2, 0.25) is 0 Å². The van der Waals surface area contributed by atoms with E-state index < -0.39 is 0 Å². The van der Waals surface area contributed by atoms with Gasteiger partial charge in [-0.2, -0.15) is 0 Å². The molecule has 0 N–H and O–H groups in total. The van der Waals surface area contributed by atoms with E-state index in [2.05, 4.69) is 44.7 Å². The fourth-order valence-corrected chi connectivity index (χ4v) is 5.28. The molecular formula is C31H60N2. The van der Waals surface area contributed by atoms with Gasteiger partial charge in [0.2, 0.25) is 0 Å². The Balaban J connectivity index is 2.16. The third-order valence-electron chi connectivity index (χ3n) is 7.58. The van der Waals surface area contributed by atoms with Crippen LogP contribution in [0.25, 0.3) is 0 Å². The van der Waals surface area contributed by atoms with E-state index in [0.717, 1.165) is 0 Å². The zero-order valence-electron chi connectivity index (χ0n) is 23.3. The zero-order valence-corrected chi connectivity index (χ0v) is 23.3. The van der Waals surface area contributed by atoms with E-state index in [1.54, 1.807) is 0 Å². The lowest BCUT2D eigenvalue weighted by molar-refractivity contribution is 0.417. The summed E-state index contributed by atoms with van der Waals surface area (Å²) in [4.78, 5) is 4.85. The van der Waals surface area contributed by atoms with Gasteiger partial charge in [-0.3, -0.25) is 0 Å². The van der Waals surface area contributed by atoms with Gasteiger partial charge in [0.1, 0.15) is 5.82 Å². The second-order valence-corrected chi connectivity index (χ2v) is 10.8. The van der Waals surface area contributed by atoms with Crippen molar-refractivity contribution in [3.63, 3.8) is 0 Å². The Labute approximate surface area is 208 Å². The molecule has 0 saturated carbocycles. The fourth-order valence-electron chi connectivity index (χ4n) is 5.28. The largest absolute Gasteiger partial charge is 0.332 e. The average molecular weight is 461 g/mol. The predicted molar refractivity (Wildman–Crippen MR) is 148 cm³/mol. The summed E-state index contributed by atoms with van der Waals surface area (Å²) in [6.07, 6.45) is 35.0. The monoisotopic (exact) mass is 460 g/mol. The van der Waals surface area contributed by atoms with Crippen LogP contribution in [0.3, 0.4) is 0 Å². The van der Waals surface area contributed by atoms with Gasteiger partial charge >= 0.3 is 0 Å². The van der Waals surface area contributed by atoms with Crippen molar-refractivity contribution in [1.82, 2.24) is 9.55 Å². The molecule has 2 nitrogen and oxygen atoms in total. The molecule has 0 aromatic carbocycles. The number of aromatic nitrogens is 2. The molecule has 0 spiro atoms. The van der Waals surface area contributed by atoms with Crippen molar-refractivity contribution in [2.24, 2.45) is 0 Å². The van der Waals surface area contributed by atoms with Crippen LogP contribution in [0.4, 0.5) is 0 Å². The summed E-state index contributed by atoms with van der Waals surface area (Å²) in [5, 5.41) is 0. The summed E-state index contributed by atoms with van der Waals surface area (Å²) in [7, 11) is 0. The van der Waals surface area contributed by atoms with Crippen molar-refractivity contribution in [2.75, 3.05) is 0 Å². The molecule has 1 aromatic rings. The number of unbranched alkanes of at least 4 members (excludes halogenated alkanes) is 16. The Morgan fingerprint density at radius 2 is 1.00 bits per heavy atom. The van der Waals surface area contributed by atoms with Crippen LogP contribution >= 0.6 is 0 Å². The highest BCUT2D eigenvalue weighted by molar-refractivity contribution is 5.02. The fraction of sp³-hybridized carbons (Fsp3) is 0.903. The first kappa shape index (κ1) is 30.2. The van der Waals surface area contributed by atoms with Crippen molar-refractivity contribution in [3.8, 4) is 0 Å². The third kappa shape index (κ3) is 14.9. The summed E-state index contributed by atoms with van der Waals surface area (Å²) in [6.45, 7) is 9.33. The molecule has 2 atom stereocenters. The second-order valence-electron chi connectivity index (χ2n) is 10.8. The summed E-state index contributed by atoms with van der Waals surface area (Å²) < 4.78 is 2.52. The van der Waals surface area contributed by atoms with Crippen LogP contribution in [0.5, 0.6) is 0 Å². The van der Waals surface area contributed by atoms with Crippen LogP contribution in [0.1, 0.15) is 187 Å². The lowest BCUT2D eigenvalue weighted by Gasteiger charge is -2.22. The van der Waals surface area contributed by atoms with Crippen LogP contribution in [0, 0.1) is 0 Å². The van der Waals surface area contributed by atoms with Gasteiger partial charge in [-0.25, -0.2) is 4.98 Å². The Morgan fingerprint density at radius 1 is 0.576 bits per heavy atom. The van der Waals surface area contributed by atoms with Gasteiger partial charge < -0.3 is 4.57 Å². The van der Waals surface area contributed by atoms with E-state index in [0.29, 0.717) is 12.0 Å². The van der Waals surface area contributed by atoms with E-state index in [1.165, 1.54) is 147 Å². The van der Waals surface area contributed by atoms with Crippen molar-refractivity contribution in [3.05, 3.63) is 18.2 Å². The van der Waals surface area contributed by atoms with E-state index >= 15 is 0 Å². The Hall–Kier alpha value is -0.790. The standard InChI is InChI=1S/C31H60N2/c1-5-8-11-12-13-14-15-16-17-18-19-20-21-23-24-29(4)33-28-27-32-31(33)30(25-10-7-3)26-22-9-6-2/h27-30H,5-26H2,1-4H3. The molecule has 194 valence electrons. The average Bonchev–Trinajstić information content (AvgIpc) is 3.31. The summed E-state index contributed by atoms with van der Waals surface area (Å²) >= 11 is 0. The highest BCUT2D eigenvalue weighted by Crippen LogP contribution is 2.30. The maximum absolute atomic E-state index is 4.85. The molecule has 2 unspecified atom stereocenters. The van der Waals surface area contributed by atoms with Gasteiger partial charge in [0.05, 0.1) is 0 Å². The molecule has 1 rings (SSSR count). The molecule has 0 radical (unpaired) electrons. The molecule has 0 aliphatic carbocycles. The predicted octanol–water partition coefficient (Wildman–Crippen LogP) is 11.2. The Kier molecular flexibility index (Phi) is 19.9. The molecule has 0 aliphatic heterocycles. The molecule has 33 heavy (non-hydrogen) atoms. The number of rotatable bonds is 24. The summed E-state index contributed by atoms with van der Waals surface area (Å²) in [5.41, 5.74) is 0. The summed E-state index contributed by atoms with van der Waals surface area (Å²) in [6, 6.07) is 0.593. The zero-order chi connectivity index (χ0) is 24.0. The number of hydrogen-bond acceptors (Lipinski definition) is 1. The highest BCUT2D eigenvalue weighted by atomic mass is 15.1. The van der Waals surface area contributed by atoms with Gasteiger partial charge in [0.25, 0.3) is 0 Å². The molecule has 0 amide bonds. The topological polar surface area (TPSA) is 17.8 Å². The lowest BCUT2D eigenvalue weighted by atomic mass is 9.94. The minimum absolute atomic E-state index is 0.593. The van der Waals surface area contributed by atoms with Gasteiger partial charge in [-0.15, -0.1) is 0 Å². The molecule has 1 heterocycles. The lowest BCUT2D eigenvalue weighted by Crippen LogP contribution is -2.13. The molecule has 0 bridgehead atoms. The SMILES string of the molecule is CCCCCCCCCCCCCCCCC(C)n1ccnc1C(CCCC)CCCCC. The molecule has 0 saturated heterocycles. The first-order chi connectivity index (χ1) is 16.2. The maximum atomic E-state index is 4.85. The highest BCUT2D eigenvalue weighted by Gasteiger charge is 2.19. The van der Waals surface area contributed by atoms with Crippen molar-refractivity contribution in [2.45, 2.75) is 181 Å². The quantitative estimate of drug-likeness (QED) is 0.140. The van der Waals surface area contributed by atoms with Gasteiger partial charge in [0, 0.05) is 24.4 Å². The number of imidazole rings is 1. The van der Waals surface area contributed by atoms with E-state index in [4.69, 9.17) is 4.98 Å². The second kappa shape index (κ2) is 21.7. The van der Waals surface area contributed by atoms with Crippen LogP contribution in [0.15, 0.2) is 12.4 Å². The van der Waals surface area contributed by atoms with E-state index in [9.17, 15) is 0 Å². The van der Waals surface area contributed by atoms with Crippen LogP contribution in [-0.4, -0.2) is 9.55 Å². The van der Waals surface area contributed by atoms with Crippen molar-refractivity contribution in [1.29, 1.82) is 0 Å². The first-order valence-corrected chi connectivity index (χ1v) is 15.3.